The van der Waals surface area contributed by atoms with Gasteiger partial charge in [0.15, 0.2) is 18.7 Å². The van der Waals surface area contributed by atoms with Crippen LogP contribution in [-0.4, -0.2) is 142 Å². The number of carbonyl (C=O) groups excluding carboxylic acids is 2. The molecule has 0 radical (unpaired) electrons. The van der Waals surface area contributed by atoms with E-state index in [0.29, 0.717) is 12.8 Å². The monoisotopic (exact) mass is 907 g/mol. The Balaban J connectivity index is 1.90. The molecule has 2 aliphatic rings. The van der Waals surface area contributed by atoms with Crippen LogP contribution in [-0.2, 0) is 38.0 Å². The largest absolute Gasteiger partial charge is 0.462 e. The Morgan fingerprint density at radius 1 is 0.531 bits per heavy atom. The van der Waals surface area contributed by atoms with Crippen molar-refractivity contribution in [1.82, 2.24) is 0 Å². The minimum Gasteiger partial charge on any atom is -0.462 e. The maximum atomic E-state index is 12.9. The SMILES string of the molecule is CC/C=C\C/C=C\C/C=C\C/C=C\C/C=C\CC(=O)OC(COC(=O)CCCCCCC/C=C\C/C=C\CCC)COC1OC(COC2OC(CO)C(O)C(O)C2O)C(O)C(O)C1O. The van der Waals surface area contributed by atoms with Crippen molar-refractivity contribution in [2.45, 2.75) is 184 Å². The maximum Gasteiger partial charge on any atom is 0.310 e. The number of aliphatic hydroxyl groups is 7. The van der Waals surface area contributed by atoms with Gasteiger partial charge in [0.25, 0.3) is 0 Å². The summed E-state index contributed by atoms with van der Waals surface area (Å²) in [5, 5.41) is 71.9. The molecular formula is C49H78O15. The fraction of sp³-hybridized carbons (Fsp3) is 0.673. The van der Waals surface area contributed by atoms with Gasteiger partial charge in [-0.1, -0.05) is 125 Å². The zero-order chi connectivity index (χ0) is 46.8. The van der Waals surface area contributed by atoms with Gasteiger partial charge in [-0.15, -0.1) is 0 Å². The zero-order valence-electron chi connectivity index (χ0n) is 38.0. The van der Waals surface area contributed by atoms with Crippen molar-refractivity contribution < 1.29 is 73.8 Å². The quantitative estimate of drug-likeness (QED) is 0.0253. The molecule has 0 aliphatic carbocycles. The summed E-state index contributed by atoms with van der Waals surface area (Å²) in [6, 6.07) is 0. The van der Waals surface area contributed by atoms with Crippen molar-refractivity contribution in [3.63, 3.8) is 0 Å². The van der Waals surface area contributed by atoms with E-state index in [-0.39, 0.29) is 19.4 Å². The summed E-state index contributed by atoms with van der Waals surface area (Å²) in [7, 11) is 0. The molecule has 7 N–H and O–H groups in total. The molecule has 15 nitrogen and oxygen atoms in total. The molecule has 0 aromatic carbocycles. The molecule has 11 unspecified atom stereocenters. The molecule has 0 spiro atoms. The van der Waals surface area contributed by atoms with Crippen LogP contribution in [0.4, 0.5) is 0 Å². The highest BCUT2D eigenvalue weighted by Gasteiger charge is 2.47. The Kier molecular flexibility index (Phi) is 31.8. The zero-order valence-corrected chi connectivity index (χ0v) is 38.0. The van der Waals surface area contributed by atoms with Crippen molar-refractivity contribution in [3.05, 3.63) is 85.1 Å². The van der Waals surface area contributed by atoms with Crippen LogP contribution in [0.2, 0.25) is 0 Å². The van der Waals surface area contributed by atoms with Gasteiger partial charge in [-0.05, 0) is 64.2 Å². The molecule has 2 saturated heterocycles. The average molecular weight is 907 g/mol. The van der Waals surface area contributed by atoms with Crippen LogP contribution < -0.4 is 0 Å². The molecule has 11 atom stereocenters. The van der Waals surface area contributed by atoms with E-state index in [1.165, 1.54) is 0 Å². The normalized spacial score (nSPS) is 27.4. The number of unbranched alkanes of at least 4 members (excludes halogenated alkanes) is 6. The van der Waals surface area contributed by atoms with Crippen molar-refractivity contribution in [2.24, 2.45) is 0 Å². The molecule has 364 valence electrons. The van der Waals surface area contributed by atoms with Gasteiger partial charge in [0, 0.05) is 6.42 Å². The molecular weight excluding hydrogens is 829 g/mol. The van der Waals surface area contributed by atoms with Crippen LogP contribution in [0.15, 0.2) is 85.1 Å². The number of hydrogen-bond donors (Lipinski definition) is 7. The smallest absolute Gasteiger partial charge is 0.310 e. The Labute approximate surface area is 380 Å². The number of carbonyl (C=O) groups is 2. The second-order valence-electron chi connectivity index (χ2n) is 15.9. The third-order valence-corrected chi connectivity index (χ3v) is 10.4. The summed E-state index contributed by atoms with van der Waals surface area (Å²) in [5.74, 6) is -1.10. The first-order valence-corrected chi connectivity index (χ1v) is 23.2. The van der Waals surface area contributed by atoms with Gasteiger partial charge in [0.1, 0.15) is 55.4 Å². The van der Waals surface area contributed by atoms with Gasteiger partial charge in [0.05, 0.1) is 26.2 Å². The molecule has 0 aromatic heterocycles. The van der Waals surface area contributed by atoms with Crippen molar-refractivity contribution in [3.8, 4) is 0 Å². The van der Waals surface area contributed by atoms with E-state index in [4.69, 9.17) is 28.4 Å². The number of aliphatic hydroxyl groups excluding tert-OH is 7. The van der Waals surface area contributed by atoms with E-state index < -0.39 is 99.3 Å². The predicted octanol–water partition coefficient (Wildman–Crippen LogP) is 5.26. The molecule has 2 aliphatic heterocycles. The van der Waals surface area contributed by atoms with Crippen LogP contribution in [0.25, 0.3) is 0 Å². The first-order chi connectivity index (χ1) is 31.0. The standard InChI is InChI=1S/C49H78O15/c1-3-5-7-9-11-13-15-17-18-20-22-24-26-28-30-32-41(52)62-37(34-59-40(51)31-29-27-25-23-21-19-16-14-12-10-8-6-4-2)35-60-48-47(58)45(56)43(54)39(64-48)36-61-49-46(57)44(55)42(53)38(33-50)63-49/h5,7-8,10-11,13-14,16-18,22,24,28,30,37-39,42-50,53-58H,3-4,6,9,12,15,19-21,23,25-27,29,31-36H2,1-2H3/b7-5-,10-8-,13-11-,16-14-,18-17-,24-22-,30-28-. The number of rotatable bonds is 33. The van der Waals surface area contributed by atoms with E-state index in [2.05, 4.69) is 74.6 Å². The summed E-state index contributed by atoms with van der Waals surface area (Å²) in [5.41, 5.74) is 0. The summed E-state index contributed by atoms with van der Waals surface area (Å²) < 4.78 is 33.3. The predicted molar refractivity (Wildman–Crippen MR) is 242 cm³/mol. The Bertz CT molecular complexity index is 1440. The summed E-state index contributed by atoms with van der Waals surface area (Å²) in [4.78, 5) is 25.6. The summed E-state index contributed by atoms with van der Waals surface area (Å²) >= 11 is 0. The third kappa shape index (κ3) is 24.3. The van der Waals surface area contributed by atoms with Gasteiger partial charge in [0.2, 0.25) is 0 Å². The lowest BCUT2D eigenvalue weighted by Gasteiger charge is -2.42. The minimum absolute atomic E-state index is 0.0748. The molecule has 2 heterocycles. The second-order valence-corrected chi connectivity index (χ2v) is 15.9. The lowest BCUT2D eigenvalue weighted by atomic mass is 9.98. The number of ether oxygens (including phenoxy) is 6. The van der Waals surface area contributed by atoms with E-state index in [1.807, 2.05) is 18.2 Å². The molecule has 2 rings (SSSR count). The van der Waals surface area contributed by atoms with E-state index in [1.54, 1.807) is 6.08 Å². The van der Waals surface area contributed by atoms with Crippen molar-refractivity contribution in [1.29, 1.82) is 0 Å². The van der Waals surface area contributed by atoms with Crippen LogP contribution in [0.3, 0.4) is 0 Å². The fourth-order valence-corrected chi connectivity index (χ4v) is 6.56. The third-order valence-electron chi connectivity index (χ3n) is 10.4. The average Bonchev–Trinajstić information content (AvgIpc) is 3.29. The summed E-state index contributed by atoms with van der Waals surface area (Å²) in [6.45, 7) is 2.25. The molecule has 0 bridgehead atoms. The van der Waals surface area contributed by atoms with Crippen molar-refractivity contribution >= 4 is 11.9 Å². The Hall–Kier alpha value is -3.32. The van der Waals surface area contributed by atoms with E-state index in [9.17, 15) is 45.3 Å². The Morgan fingerprint density at radius 3 is 1.62 bits per heavy atom. The van der Waals surface area contributed by atoms with E-state index in [0.717, 1.165) is 77.0 Å². The van der Waals surface area contributed by atoms with Gasteiger partial charge in [-0.25, -0.2) is 0 Å². The number of esters is 2. The first kappa shape index (κ1) is 56.8. The molecule has 0 aromatic rings. The van der Waals surface area contributed by atoms with Crippen LogP contribution in [0.5, 0.6) is 0 Å². The van der Waals surface area contributed by atoms with E-state index >= 15 is 0 Å². The molecule has 15 heteroatoms. The molecule has 0 amide bonds. The van der Waals surface area contributed by atoms with Gasteiger partial charge < -0.3 is 64.2 Å². The van der Waals surface area contributed by atoms with Gasteiger partial charge >= 0.3 is 11.9 Å². The lowest BCUT2D eigenvalue weighted by molar-refractivity contribution is -0.332. The van der Waals surface area contributed by atoms with Crippen LogP contribution in [0, 0.1) is 0 Å². The Morgan fingerprint density at radius 2 is 1.03 bits per heavy atom. The second kappa shape index (κ2) is 35.9. The number of hydrogen-bond acceptors (Lipinski definition) is 15. The highest BCUT2D eigenvalue weighted by Crippen LogP contribution is 2.26. The molecule has 64 heavy (non-hydrogen) atoms. The first-order valence-electron chi connectivity index (χ1n) is 23.2. The van der Waals surface area contributed by atoms with Crippen molar-refractivity contribution in [2.75, 3.05) is 26.4 Å². The number of allylic oxidation sites excluding steroid dienone is 13. The highest BCUT2D eigenvalue weighted by atomic mass is 16.7. The van der Waals surface area contributed by atoms with Gasteiger partial charge in [-0.3, -0.25) is 9.59 Å². The maximum absolute atomic E-state index is 12.9. The minimum atomic E-state index is -1.79. The van der Waals surface area contributed by atoms with Crippen LogP contribution in [0.1, 0.15) is 117 Å². The molecule has 2 fully saturated rings. The lowest BCUT2D eigenvalue weighted by Crippen LogP contribution is -2.61. The fourth-order valence-electron chi connectivity index (χ4n) is 6.56. The van der Waals surface area contributed by atoms with Crippen LogP contribution >= 0.6 is 0 Å². The van der Waals surface area contributed by atoms with Gasteiger partial charge in [-0.2, -0.15) is 0 Å². The summed E-state index contributed by atoms with van der Waals surface area (Å²) in [6.07, 6.45) is 25.1. The highest BCUT2D eigenvalue weighted by molar-refractivity contribution is 5.71. The molecule has 0 saturated carbocycles. The topological polar surface area (TPSA) is 231 Å².